The monoisotopic (exact) mass is 792 g/mol. The predicted molar refractivity (Wildman–Crippen MR) is 261 cm³/mol. The lowest BCUT2D eigenvalue weighted by molar-refractivity contribution is 0.987. The van der Waals surface area contributed by atoms with E-state index in [1.807, 2.05) is 0 Å². The highest BCUT2D eigenvalue weighted by Crippen LogP contribution is 2.40. The number of anilines is 9. The number of hydrogen-bond donors (Lipinski definition) is 0. The predicted octanol–water partition coefficient (Wildman–Crippen LogP) is 16.0. The Balaban J connectivity index is 1.18. The molecule has 0 aromatic heterocycles. The van der Waals surface area contributed by atoms with Gasteiger partial charge in [-0.2, -0.15) is 0 Å². The molecule has 7 aromatic carbocycles. The number of hydrogen-bond acceptors (Lipinski definition) is 4. The first-order valence-corrected chi connectivity index (χ1v) is 21.0. The van der Waals surface area contributed by atoms with Crippen LogP contribution in [0.25, 0.3) is 0 Å². The van der Waals surface area contributed by atoms with E-state index in [9.17, 15) is 0 Å². The van der Waals surface area contributed by atoms with Crippen LogP contribution in [0.2, 0.25) is 0 Å². The van der Waals surface area contributed by atoms with Crippen LogP contribution in [-0.2, 0) is 0 Å². The van der Waals surface area contributed by atoms with E-state index in [2.05, 4.69) is 259 Å². The van der Waals surface area contributed by atoms with Gasteiger partial charge in [-0.3, -0.25) is 0 Å². The van der Waals surface area contributed by atoms with Crippen LogP contribution < -0.4 is 19.6 Å². The second kappa shape index (κ2) is 18.6. The standard InChI is InChI=1S/C57H52N4/c1-43-18-15-27-55(40-43)59(48-21-9-6-10-22-48)47(5)31-30-46(4)58(51-32-36-53(37-33-51)60(49-23-11-7-12-24-49)56-28-16-19-44(2)41-56)52-34-38-54(39-35-52)61(50-25-13-8-14-26-50)57-29-17-20-45(3)42-57/h7-9,11-42H,4-6,10H2,1-3H3/b31-30-. The van der Waals surface area contributed by atoms with Crippen LogP contribution in [0.4, 0.5) is 51.2 Å². The molecule has 1 aliphatic carbocycles. The van der Waals surface area contributed by atoms with Crippen molar-refractivity contribution in [2.75, 3.05) is 19.6 Å². The third kappa shape index (κ3) is 9.35. The molecule has 0 N–H and O–H groups in total. The Bertz CT molecular complexity index is 2580. The van der Waals surface area contributed by atoms with Gasteiger partial charge in [-0.1, -0.05) is 98.1 Å². The molecule has 0 fully saturated rings. The normalized spacial score (nSPS) is 12.1. The first-order valence-electron chi connectivity index (χ1n) is 21.0. The molecule has 7 aromatic rings. The van der Waals surface area contributed by atoms with Crippen LogP contribution >= 0.6 is 0 Å². The van der Waals surface area contributed by atoms with Crippen LogP contribution in [0, 0.1) is 20.8 Å². The van der Waals surface area contributed by atoms with E-state index in [1.165, 1.54) is 16.7 Å². The minimum absolute atomic E-state index is 0.802. The molecule has 8 rings (SSSR count). The Morgan fingerprint density at radius 2 is 0.770 bits per heavy atom. The van der Waals surface area contributed by atoms with Crippen LogP contribution in [0.3, 0.4) is 0 Å². The fraction of sp³-hybridized carbons (Fsp3) is 0.0877. The summed E-state index contributed by atoms with van der Waals surface area (Å²) in [5, 5.41) is 0. The molecule has 0 amide bonds. The molecule has 1 aliphatic rings. The molecular weight excluding hydrogens is 741 g/mol. The smallest absolute Gasteiger partial charge is 0.0464 e. The zero-order chi connectivity index (χ0) is 42.1. The fourth-order valence-electron chi connectivity index (χ4n) is 7.92. The Hall–Kier alpha value is -7.56. The second-order valence-electron chi connectivity index (χ2n) is 15.5. The van der Waals surface area contributed by atoms with E-state index in [0.29, 0.717) is 0 Å². The fourth-order valence-corrected chi connectivity index (χ4v) is 7.92. The molecular formula is C57H52N4. The number of nitrogens with zero attached hydrogens (tertiary/aromatic N) is 4. The summed E-state index contributed by atoms with van der Waals surface area (Å²) in [6.07, 6.45) is 12.9. The zero-order valence-corrected chi connectivity index (χ0v) is 35.3. The molecule has 61 heavy (non-hydrogen) atoms. The maximum absolute atomic E-state index is 4.69. The Kier molecular flexibility index (Phi) is 12.2. The van der Waals surface area contributed by atoms with Gasteiger partial charge in [0.15, 0.2) is 0 Å². The summed E-state index contributed by atoms with van der Waals surface area (Å²) >= 11 is 0. The lowest BCUT2D eigenvalue weighted by Gasteiger charge is -2.30. The van der Waals surface area contributed by atoms with Gasteiger partial charge in [0.05, 0.1) is 0 Å². The van der Waals surface area contributed by atoms with Crippen LogP contribution in [-0.4, -0.2) is 0 Å². The van der Waals surface area contributed by atoms with Gasteiger partial charge in [-0.15, -0.1) is 0 Å². The van der Waals surface area contributed by atoms with Crippen molar-refractivity contribution in [3.63, 3.8) is 0 Å². The highest BCUT2D eigenvalue weighted by Gasteiger charge is 2.19. The molecule has 0 saturated heterocycles. The first-order chi connectivity index (χ1) is 29.8. The van der Waals surface area contributed by atoms with Crippen molar-refractivity contribution in [3.8, 4) is 0 Å². The summed E-state index contributed by atoms with van der Waals surface area (Å²) in [6, 6.07) is 64.4. The van der Waals surface area contributed by atoms with E-state index in [-0.39, 0.29) is 0 Å². The van der Waals surface area contributed by atoms with Gasteiger partial charge in [0, 0.05) is 68.3 Å². The quantitative estimate of drug-likeness (QED) is 0.102. The van der Waals surface area contributed by atoms with Gasteiger partial charge in [0.2, 0.25) is 0 Å². The molecule has 4 nitrogen and oxygen atoms in total. The number of para-hydroxylation sites is 2. The van der Waals surface area contributed by atoms with Crippen molar-refractivity contribution in [3.05, 3.63) is 259 Å². The van der Waals surface area contributed by atoms with Gasteiger partial charge in [0.25, 0.3) is 0 Å². The van der Waals surface area contributed by atoms with Gasteiger partial charge in [-0.05, 0) is 178 Å². The molecule has 0 bridgehead atoms. The van der Waals surface area contributed by atoms with Crippen molar-refractivity contribution in [1.29, 1.82) is 0 Å². The summed E-state index contributed by atoms with van der Waals surface area (Å²) in [7, 11) is 0. The van der Waals surface area contributed by atoms with E-state index < -0.39 is 0 Å². The van der Waals surface area contributed by atoms with Gasteiger partial charge >= 0.3 is 0 Å². The zero-order valence-electron chi connectivity index (χ0n) is 35.3. The molecule has 0 unspecified atom stereocenters. The van der Waals surface area contributed by atoms with Crippen molar-refractivity contribution in [2.24, 2.45) is 0 Å². The summed E-state index contributed by atoms with van der Waals surface area (Å²) in [6.45, 7) is 15.7. The highest BCUT2D eigenvalue weighted by atomic mass is 15.2. The maximum Gasteiger partial charge on any atom is 0.0464 e. The average molecular weight is 793 g/mol. The van der Waals surface area contributed by atoms with Gasteiger partial charge in [-0.25, -0.2) is 0 Å². The molecule has 0 spiro atoms. The van der Waals surface area contributed by atoms with Crippen molar-refractivity contribution >= 4 is 51.2 Å². The molecule has 4 heteroatoms. The molecule has 0 saturated carbocycles. The van der Waals surface area contributed by atoms with Crippen molar-refractivity contribution < 1.29 is 0 Å². The number of rotatable bonds is 14. The first kappa shape index (κ1) is 40.2. The van der Waals surface area contributed by atoms with Crippen molar-refractivity contribution in [2.45, 2.75) is 33.6 Å². The number of allylic oxidation sites excluding steroid dienone is 5. The lowest BCUT2D eigenvalue weighted by Crippen LogP contribution is -2.20. The van der Waals surface area contributed by atoms with E-state index in [1.54, 1.807) is 0 Å². The maximum atomic E-state index is 4.69. The molecule has 0 atom stereocenters. The summed E-state index contributed by atoms with van der Waals surface area (Å²) in [5.74, 6) is 0. The van der Waals surface area contributed by atoms with Crippen LogP contribution in [0.5, 0.6) is 0 Å². The third-order valence-corrected chi connectivity index (χ3v) is 10.8. The highest BCUT2D eigenvalue weighted by molar-refractivity contribution is 5.81. The minimum Gasteiger partial charge on any atom is -0.311 e. The van der Waals surface area contributed by atoms with E-state index in [4.69, 9.17) is 6.58 Å². The average Bonchev–Trinajstić information content (AvgIpc) is 3.28. The molecule has 0 heterocycles. The Morgan fingerprint density at radius 1 is 0.393 bits per heavy atom. The number of benzene rings is 7. The SMILES string of the molecule is C=C(/C=C\C(=C)N(c1ccc(N(c2ccccc2)c2cccc(C)c2)cc1)c1ccc(N(c2ccccc2)c2cccc(C)c2)cc1)N(C1=CCCC=C1)c1cccc(C)c1. The summed E-state index contributed by atoms with van der Waals surface area (Å²) in [5.41, 5.74) is 16.0. The molecule has 0 radical (unpaired) electrons. The largest absolute Gasteiger partial charge is 0.311 e. The van der Waals surface area contributed by atoms with Gasteiger partial charge in [0.1, 0.15) is 0 Å². The number of aryl methyl sites for hydroxylation is 3. The second-order valence-corrected chi connectivity index (χ2v) is 15.5. The van der Waals surface area contributed by atoms with Crippen molar-refractivity contribution in [1.82, 2.24) is 0 Å². The minimum atomic E-state index is 0.802. The van der Waals surface area contributed by atoms with Crippen LogP contribution in [0.1, 0.15) is 29.5 Å². The van der Waals surface area contributed by atoms with E-state index >= 15 is 0 Å². The molecule has 0 aliphatic heterocycles. The molecule has 300 valence electrons. The van der Waals surface area contributed by atoms with Crippen LogP contribution in [0.15, 0.2) is 243 Å². The topological polar surface area (TPSA) is 13.0 Å². The Morgan fingerprint density at radius 3 is 1.20 bits per heavy atom. The van der Waals surface area contributed by atoms with E-state index in [0.717, 1.165) is 81.1 Å². The summed E-state index contributed by atoms with van der Waals surface area (Å²) < 4.78 is 0. The summed E-state index contributed by atoms with van der Waals surface area (Å²) in [4.78, 5) is 9.04. The van der Waals surface area contributed by atoms with Gasteiger partial charge < -0.3 is 19.6 Å². The third-order valence-electron chi connectivity index (χ3n) is 10.8. The Labute approximate surface area is 362 Å². The lowest BCUT2D eigenvalue weighted by atomic mass is 10.1.